The van der Waals surface area contributed by atoms with Gasteiger partial charge in [-0.15, -0.1) is 0 Å². The summed E-state index contributed by atoms with van der Waals surface area (Å²) in [5.74, 6) is -0.868. The summed E-state index contributed by atoms with van der Waals surface area (Å²) >= 11 is 0. The van der Waals surface area contributed by atoms with Crippen LogP contribution in [-0.2, 0) is 24.6 Å². The molecule has 0 aliphatic carbocycles. The minimum atomic E-state index is -4.23. The molecule has 0 aromatic carbocycles. The van der Waals surface area contributed by atoms with Crippen LogP contribution in [0.5, 0.6) is 0 Å². The molecular formula is C6H13N3O6S. The first-order valence-corrected chi connectivity index (χ1v) is 5.61. The molecule has 9 nitrogen and oxygen atoms in total. The summed E-state index contributed by atoms with van der Waals surface area (Å²) < 4.78 is 28.0. The Morgan fingerprint density at radius 1 is 1.38 bits per heavy atom. The van der Waals surface area contributed by atoms with Gasteiger partial charge >= 0.3 is 16.3 Å². The van der Waals surface area contributed by atoms with Crippen molar-refractivity contribution in [3.63, 3.8) is 0 Å². The Morgan fingerprint density at radius 3 is 2.38 bits per heavy atom. The Morgan fingerprint density at radius 2 is 1.94 bits per heavy atom. The lowest BCUT2D eigenvalue weighted by atomic mass is 10.5. The van der Waals surface area contributed by atoms with Gasteiger partial charge < -0.3 is 10.5 Å². The molecule has 0 fully saturated rings. The number of nitrogens with two attached hydrogens (primary N) is 1. The molecule has 16 heavy (non-hydrogen) atoms. The van der Waals surface area contributed by atoms with Crippen molar-refractivity contribution in [2.75, 3.05) is 6.61 Å². The Balaban J connectivity index is 4.05. The van der Waals surface area contributed by atoms with Crippen LogP contribution in [-0.4, -0.2) is 33.1 Å². The van der Waals surface area contributed by atoms with E-state index in [2.05, 4.69) is 15.3 Å². The predicted molar refractivity (Wildman–Crippen MR) is 52.0 cm³/mol. The van der Waals surface area contributed by atoms with E-state index in [0.29, 0.717) is 0 Å². The van der Waals surface area contributed by atoms with Crippen LogP contribution in [0.25, 0.3) is 0 Å². The first kappa shape index (κ1) is 14.6. The van der Waals surface area contributed by atoms with E-state index in [-0.39, 0.29) is 0 Å². The molecule has 4 N–H and O–H groups in total. The monoisotopic (exact) mass is 255 g/mol. The third-order valence-corrected chi connectivity index (χ3v) is 1.72. The minimum absolute atomic E-state index is 0.471. The van der Waals surface area contributed by atoms with Gasteiger partial charge in [-0.3, -0.25) is 9.63 Å². The summed E-state index contributed by atoms with van der Waals surface area (Å²) in [7, 11) is -4.23. The van der Waals surface area contributed by atoms with Crippen molar-refractivity contribution < 1.29 is 27.6 Å². The molecule has 0 spiro atoms. The highest BCUT2D eigenvalue weighted by Crippen LogP contribution is 1.89. The molecule has 0 bridgehead atoms. The molecule has 2 amide bonds. The Kier molecular flexibility index (Phi) is 5.71. The third kappa shape index (κ3) is 7.96. The summed E-state index contributed by atoms with van der Waals surface area (Å²) in [5.41, 5.74) is 4.68. The van der Waals surface area contributed by atoms with Crippen molar-refractivity contribution in [2.45, 2.75) is 20.0 Å². The Bertz CT molecular complexity index is 351. The number of hydrogen-bond acceptors (Lipinski definition) is 6. The molecule has 0 saturated heterocycles. The van der Waals surface area contributed by atoms with Crippen molar-refractivity contribution in [3.05, 3.63) is 0 Å². The maximum absolute atomic E-state index is 11.0. The van der Waals surface area contributed by atoms with Gasteiger partial charge in [-0.2, -0.15) is 8.42 Å². The predicted octanol–water partition coefficient (Wildman–Crippen LogP) is -1.63. The van der Waals surface area contributed by atoms with Crippen LogP contribution in [0.4, 0.5) is 4.79 Å². The molecular weight excluding hydrogens is 242 g/mol. The van der Waals surface area contributed by atoms with E-state index in [1.54, 1.807) is 13.8 Å². The fourth-order valence-electron chi connectivity index (χ4n) is 0.547. The van der Waals surface area contributed by atoms with Crippen molar-refractivity contribution >= 4 is 22.2 Å². The number of rotatable bonds is 6. The lowest BCUT2D eigenvalue weighted by Crippen LogP contribution is -2.42. The van der Waals surface area contributed by atoms with Crippen LogP contribution in [0, 0.1) is 0 Å². The molecule has 0 atom stereocenters. The van der Waals surface area contributed by atoms with E-state index in [9.17, 15) is 18.0 Å². The molecule has 0 aliphatic heterocycles. The van der Waals surface area contributed by atoms with E-state index in [1.807, 2.05) is 0 Å². The Hall–Kier alpha value is -1.39. The SMILES string of the molecule is CC(C)OC(=O)NS(=O)(=O)NOCC(N)=O. The molecule has 0 rings (SSSR count). The van der Waals surface area contributed by atoms with Gasteiger partial charge in [-0.05, 0) is 13.8 Å². The largest absolute Gasteiger partial charge is 0.446 e. The molecule has 94 valence electrons. The maximum atomic E-state index is 11.0. The van der Waals surface area contributed by atoms with Gasteiger partial charge in [-0.25, -0.2) is 9.52 Å². The third-order valence-electron chi connectivity index (χ3n) is 0.943. The number of amides is 2. The van der Waals surface area contributed by atoms with Crippen molar-refractivity contribution in [1.82, 2.24) is 9.61 Å². The summed E-state index contributed by atoms with van der Waals surface area (Å²) in [5, 5.41) is 0. The van der Waals surface area contributed by atoms with Gasteiger partial charge in [0.25, 0.3) is 0 Å². The zero-order chi connectivity index (χ0) is 12.8. The first-order chi connectivity index (χ1) is 7.23. The molecule has 0 aliphatic rings. The van der Waals surface area contributed by atoms with Crippen LogP contribution in [0.15, 0.2) is 0 Å². The lowest BCUT2D eigenvalue weighted by Gasteiger charge is -2.10. The van der Waals surface area contributed by atoms with Crippen LogP contribution in [0.3, 0.4) is 0 Å². The minimum Gasteiger partial charge on any atom is -0.446 e. The molecule has 0 aromatic rings. The second-order valence-electron chi connectivity index (χ2n) is 2.90. The van der Waals surface area contributed by atoms with Crippen LogP contribution in [0.2, 0.25) is 0 Å². The van der Waals surface area contributed by atoms with Crippen molar-refractivity contribution in [2.24, 2.45) is 5.73 Å². The summed E-state index contributed by atoms with van der Waals surface area (Å²) in [6.45, 7) is 2.44. The topological polar surface area (TPSA) is 137 Å². The number of carbonyl (C=O) groups excluding carboxylic acids is 2. The number of carbonyl (C=O) groups is 2. The molecule has 0 aromatic heterocycles. The van der Waals surface area contributed by atoms with Gasteiger partial charge in [0, 0.05) is 0 Å². The van der Waals surface area contributed by atoms with E-state index >= 15 is 0 Å². The highest BCUT2D eigenvalue weighted by molar-refractivity contribution is 7.87. The van der Waals surface area contributed by atoms with E-state index in [0.717, 1.165) is 0 Å². The van der Waals surface area contributed by atoms with Gasteiger partial charge in [0.15, 0.2) is 0 Å². The summed E-state index contributed by atoms with van der Waals surface area (Å²) in [4.78, 5) is 26.7. The molecule has 0 heterocycles. The number of ether oxygens (including phenoxy) is 1. The molecule has 0 radical (unpaired) electrons. The maximum Gasteiger partial charge on any atom is 0.422 e. The van der Waals surface area contributed by atoms with Gasteiger partial charge in [0.1, 0.15) is 6.61 Å². The molecule has 10 heteroatoms. The fourth-order valence-corrected chi connectivity index (χ4v) is 1.07. The lowest BCUT2D eigenvalue weighted by molar-refractivity contribution is -0.123. The average molecular weight is 255 g/mol. The normalized spacial score (nSPS) is 11.2. The van der Waals surface area contributed by atoms with E-state index in [1.165, 1.54) is 9.61 Å². The number of hydrogen-bond donors (Lipinski definition) is 3. The fraction of sp³-hybridized carbons (Fsp3) is 0.667. The zero-order valence-corrected chi connectivity index (χ0v) is 9.54. The Labute approximate surface area is 92.4 Å². The highest BCUT2D eigenvalue weighted by Gasteiger charge is 2.16. The van der Waals surface area contributed by atoms with Crippen LogP contribution < -0.4 is 15.3 Å². The average Bonchev–Trinajstić information content (AvgIpc) is 1.98. The molecule has 0 unspecified atom stereocenters. The van der Waals surface area contributed by atoms with Crippen molar-refractivity contribution in [3.8, 4) is 0 Å². The number of nitrogens with one attached hydrogen (secondary N) is 2. The van der Waals surface area contributed by atoms with Crippen LogP contribution >= 0.6 is 0 Å². The smallest absolute Gasteiger partial charge is 0.422 e. The van der Waals surface area contributed by atoms with Gasteiger partial charge in [-0.1, -0.05) is 4.89 Å². The van der Waals surface area contributed by atoms with Gasteiger partial charge in [0.05, 0.1) is 6.10 Å². The van der Waals surface area contributed by atoms with Crippen LogP contribution in [0.1, 0.15) is 13.8 Å². The quantitative estimate of drug-likeness (QED) is 0.487. The second kappa shape index (κ2) is 6.25. The van der Waals surface area contributed by atoms with E-state index in [4.69, 9.17) is 0 Å². The summed E-state index contributed by atoms with van der Waals surface area (Å²) in [6.07, 6.45) is -1.63. The first-order valence-electron chi connectivity index (χ1n) is 4.13. The number of primary amides is 1. The van der Waals surface area contributed by atoms with Gasteiger partial charge in [0.2, 0.25) is 5.91 Å². The standard InChI is InChI=1S/C6H13N3O6S/c1-4(2)15-6(11)8-16(12,13)9-14-3-5(7)10/h4,9H,3H2,1-2H3,(H2,7,10)(H,8,11). The zero-order valence-electron chi connectivity index (χ0n) is 8.72. The summed E-state index contributed by atoms with van der Waals surface area (Å²) in [6, 6.07) is 0. The molecule has 0 saturated carbocycles. The van der Waals surface area contributed by atoms with E-state index < -0.39 is 34.9 Å². The van der Waals surface area contributed by atoms with Crippen molar-refractivity contribution in [1.29, 1.82) is 0 Å². The highest BCUT2D eigenvalue weighted by atomic mass is 32.2. The second-order valence-corrected chi connectivity index (χ2v) is 4.28.